The predicted molar refractivity (Wildman–Crippen MR) is 156 cm³/mol. The van der Waals surface area contributed by atoms with Crippen molar-refractivity contribution < 1.29 is 14.6 Å². The van der Waals surface area contributed by atoms with Crippen LogP contribution in [-0.4, -0.2) is 82.9 Å². The van der Waals surface area contributed by atoms with Gasteiger partial charge in [0.05, 0.1) is 5.70 Å². The first kappa shape index (κ1) is 28.8. The van der Waals surface area contributed by atoms with Crippen molar-refractivity contribution in [1.29, 1.82) is 0 Å². The highest BCUT2D eigenvalue weighted by Gasteiger charge is 2.28. The van der Waals surface area contributed by atoms with Crippen LogP contribution in [0.4, 0.5) is 10.7 Å². The molecule has 4 rings (SSSR count). The first-order valence-electron chi connectivity index (χ1n) is 13.8. The number of phenols is 1. The van der Waals surface area contributed by atoms with Crippen LogP contribution in [0.25, 0.3) is 5.70 Å². The Bertz CT molecular complexity index is 1220. The van der Waals surface area contributed by atoms with Crippen LogP contribution in [0.1, 0.15) is 50.7 Å². The fourth-order valence-electron chi connectivity index (χ4n) is 4.98. The number of allylic oxidation sites excluding steroid dienone is 1. The van der Waals surface area contributed by atoms with Crippen LogP contribution in [0.3, 0.4) is 0 Å². The Morgan fingerprint density at radius 3 is 2.23 bits per heavy atom. The molecule has 0 spiro atoms. The number of aromatic hydroxyl groups is 1. The molecule has 40 heavy (non-hydrogen) atoms. The fourth-order valence-corrected chi connectivity index (χ4v) is 4.98. The third kappa shape index (κ3) is 7.08. The number of nitrogens with two attached hydrogens (primary N) is 2. The molecule has 11 nitrogen and oxygen atoms in total. The zero-order valence-electron chi connectivity index (χ0n) is 23.9. The molecule has 1 aromatic carbocycles. The van der Waals surface area contributed by atoms with E-state index < -0.39 is 5.60 Å². The van der Waals surface area contributed by atoms with E-state index in [2.05, 4.69) is 25.1 Å². The number of aromatic nitrogens is 2. The molecule has 0 aliphatic carbocycles. The van der Waals surface area contributed by atoms with Gasteiger partial charge in [-0.2, -0.15) is 0 Å². The second kappa shape index (κ2) is 12.4. The average Bonchev–Trinajstić information content (AvgIpc) is 2.95. The van der Waals surface area contributed by atoms with Gasteiger partial charge in [-0.25, -0.2) is 14.8 Å². The van der Waals surface area contributed by atoms with Gasteiger partial charge in [0.2, 0.25) is 5.95 Å². The zero-order valence-corrected chi connectivity index (χ0v) is 23.9. The molecule has 1 amide bonds. The summed E-state index contributed by atoms with van der Waals surface area (Å²) in [7, 11) is 1.77. The van der Waals surface area contributed by atoms with Crippen molar-refractivity contribution in [2.45, 2.75) is 45.1 Å². The highest BCUT2D eigenvalue weighted by atomic mass is 16.6. The van der Waals surface area contributed by atoms with Crippen molar-refractivity contribution >= 4 is 17.7 Å². The van der Waals surface area contributed by atoms with E-state index in [4.69, 9.17) is 16.2 Å². The van der Waals surface area contributed by atoms with Crippen LogP contribution in [0.2, 0.25) is 0 Å². The van der Waals surface area contributed by atoms with Gasteiger partial charge < -0.3 is 41.3 Å². The molecule has 0 bridgehead atoms. The maximum atomic E-state index is 12.4. The van der Waals surface area contributed by atoms with Crippen molar-refractivity contribution in [3.8, 4) is 5.75 Å². The summed E-state index contributed by atoms with van der Waals surface area (Å²) in [6.07, 6.45) is 7.11. The molecule has 2 aliphatic heterocycles. The number of nitrogens with one attached hydrogen (secondary N) is 1. The lowest BCUT2D eigenvalue weighted by Gasteiger charge is -2.37. The maximum Gasteiger partial charge on any atom is 0.410 e. The summed E-state index contributed by atoms with van der Waals surface area (Å²) in [5, 5.41) is 13.2. The standard InChI is InChI=1S/C29H42N8O3/c1-29(2,3)40-28(39)37-11-9-20(10-12-37)21-18-33-27(34-19-21)36-15-13-35(14-16-36)24(26(31)32-4)17-23(30)22-7-5-6-8-25(22)38/h5-8,17-20,32,38H,9-16,30-31H2,1-4H3/b23-17-,26-24-. The number of anilines is 1. The van der Waals surface area contributed by atoms with Crippen LogP contribution in [0.5, 0.6) is 5.75 Å². The first-order chi connectivity index (χ1) is 19.1. The van der Waals surface area contributed by atoms with Gasteiger partial charge in [-0.05, 0) is 63.3 Å². The number of carbonyl (C=O) groups excluding carboxylic acids is 1. The van der Waals surface area contributed by atoms with Crippen LogP contribution in [0, 0.1) is 0 Å². The number of hydrogen-bond donors (Lipinski definition) is 4. The highest BCUT2D eigenvalue weighted by Crippen LogP contribution is 2.29. The molecule has 6 N–H and O–H groups in total. The Hall–Kier alpha value is -4.15. The molecule has 2 fully saturated rings. The highest BCUT2D eigenvalue weighted by molar-refractivity contribution is 5.70. The van der Waals surface area contributed by atoms with E-state index in [1.54, 1.807) is 36.2 Å². The molecule has 2 aromatic rings. The van der Waals surface area contributed by atoms with Gasteiger partial charge >= 0.3 is 6.09 Å². The van der Waals surface area contributed by atoms with Crippen LogP contribution in [0.15, 0.2) is 54.3 Å². The number of ether oxygens (including phenoxy) is 1. The van der Waals surface area contributed by atoms with Gasteiger partial charge in [-0.3, -0.25) is 0 Å². The van der Waals surface area contributed by atoms with Gasteiger partial charge in [0.15, 0.2) is 0 Å². The van der Waals surface area contributed by atoms with E-state index in [-0.39, 0.29) is 11.8 Å². The third-order valence-electron chi connectivity index (χ3n) is 7.23. The number of benzene rings is 1. The molecule has 0 unspecified atom stereocenters. The van der Waals surface area contributed by atoms with Crippen LogP contribution < -0.4 is 21.7 Å². The molecular formula is C29H42N8O3. The smallest absolute Gasteiger partial charge is 0.410 e. The zero-order chi connectivity index (χ0) is 28.9. The van der Waals surface area contributed by atoms with Gasteiger partial charge in [0, 0.05) is 70.0 Å². The Kier molecular flexibility index (Phi) is 8.91. The van der Waals surface area contributed by atoms with E-state index in [0.717, 1.165) is 37.2 Å². The van der Waals surface area contributed by atoms with Crippen molar-refractivity contribution in [1.82, 2.24) is 25.1 Å². The van der Waals surface area contributed by atoms with Gasteiger partial charge in [-0.15, -0.1) is 0 Å². The fraction of sp³-hybridized carbons (Fsp3) is 0.483. The Morgan fingerprint density at radius 2 is 1.65 bits per heavy atom. The van der Waals surface area contributed by atoms with E-state index in [9.17, 15) is 9.90 Å². The number of carbonyl (C=O) groups is 1. The minimum Gasteiger partial charge on any atom is -0.507 e. The average molecular weight is 551 g/mol. The minimum absolute atomic E-state index is 0.123. The topological polar surface area (TPSA) is 146 Å². The SMILES string of the molecule is CN/C(N)=C(/C=C(\N)c1ccccc1O)N1CCN(c2ncc(C3CCN(C(=O)OC(C)(C)C)CC3)cn2)CC1. The monoisotopic (exact) mass is 550 g/mol. The van der Waals surface area contributed by atoms with Gasteiger partial charge in [0.1, 0.15) is 17.2 Å². The Labute approximate surface area is 236 Å². The molecule has 0 radical (unpaired) electrons. The Morgan fingerprint density at radius 1 is 1.02 bits per heavy atom. The second-order valence-electron chi connectivity index (χ2n) is 11.2. The van der Waals surface area contributed by atoms with E-state index in [0.29, 0.717) is 55.1 Å². The molecule has 2 aliphatic rings. The quantitative estimate of drug-likeness (QED) is 0.396. The number of para-hydroxylation sites is 1. The molecule has 11 heteroatoms. The lowest BCUT2D eigenvalue weighted by Crippen LogP contribution is -2.47. The maximum absolute atomic E-state index is 12.4. The molecule has 0 saturated carbocycles. The largest absolute Gasteiger partial charge is 0.507 e. The molecule has 1 aromatic heterocycles. The normalized spacial score (nSPS) is 17.9. The summed E-state index contributed by atoms with van der Waals surface area (Å²) in [5.41, 5.74) is 15.0. The van der Waals surface area contributed by atoms with Gasteiger partial charge in [0.25, 0.3) is 0 Å². The number of hydrogen-bond acceptors (Lipinski definition) is 10. The summed E-state index contributed by atoms with van der Waals surface area (Å²) >= 11 is 0. The van der Waals surface area contributed by atoms with Crippen molar-refractivity contribution in [3.05, 3.63) is 65.4 Å². The second-order valence-corrected chi connectivity index (χ2v) is 11.2. The Balaban J connectivity index is 1.34. The number of likely N-dealkylation sites (tertiary alicyclic amines) is 1. The molecule has 2 saturated heterocycles. The number of nitrogens with zero attached hydrogens (tertiary/aromatic N) is 5. The molecular weight excluding hydrogens is 508 g/mol. The molecule has 3 heterocycles. The third-order valence-corrected chi connectivity index (χ3v) is 7.23. The van der Waals surface area contributed by atoms with Crippen molar-refractivity contribution in [2.24, 2.45) is 11.5 Å². The minimum atomic E-state index is -0.489. The molecule has 216 valence electrons. The number of piperazine rings is 1. The summed E-state index contributed by atoms with van der Waals surface area (Å²) in [6.45, 7) is 9.83. The number of rotatable bonds is 6. The van der Waals surface area contributed by atoms with Gasteiger partial charge in [-0.1, -0.05) is 12.1 Å². The molecule has 0 atom stereocenters. The van der Waals surface area contributed by atoms with Crippen LogP contribution >= 0.6 is 0 Å². The van der Waals surface area contributed by atoms with E-state index in [1.807, 2.05) is 39.2 Å². The lowest BCUT2D eigenvalue weighted by molar-refractivity contribution is 0.0204. The first-order valence-corrected chi connectivity index (χ1v) is 13.8. The number of piperidine rings is 1. The number of amides is 1. The van der Waals surface area contributed by atoms with Crippen LogP contribution in [-0.2, 0) is 4.74 Å². The van der Waals surface area contributed by atoms with Crippen molar-refractivity contribution in [3.63, 3.8) is 0 Å². The van der Waals surface area contributed by atoms with Crippen molar-refractivity contribution in [2.75, 3.05) is 51.2 Å². The van der Waals surface area contributed by atoms with E-state index in [1.165, 1.54) is 0 Å². The summed E-state index contributed by atoms with van der Waals surface area (Å²) in [5.74, 6) is 1.65. The lowest BCUT2D eigenvalue weighted by atomic mass is 9.91. The summed E-state index contributed by atoms with van der Waals surface area (Å²) < 4.78 is 5.51. The summed E-state index contributed by atoms with van der Waals surface area (Å²) in [4.78, 5) is 27.8. The predicted octanol–water partition coefficient (Wildman–Crippen LogP) is 2.77. The van der Waals surface area contributed by atoms with E-state index >= 15 is 0 Å². The number of phenolic OH excluding ortho intramolecular Hbond substituents is 1. The summed E-state index contributed by atoms with van der Waals surface area (Å²) in [6, 6.07) is 6.97.